The van der Waals surface area contributed by atoms with Crippen molar-refractivity contribution in [2.75, 3.05) is 11.9 Å². The number of carboxylic acids is 1. The van der Waals surface area contributed by atoms with Crippen LogP contribution in [-0.4, -0.2) is 34.6 Å². The predicted molar refractivity (Wildman–Crippen MR) is 76.9 cm³/mol. The number of likely N-dealkylation sites (tertiary alicyclic amines) is 1. The Balaban J connectivity index is 2.08. The van der Waals surface area contributed by atoms with Gasteiger partial charge < -0.3 is 15.3 Å². The van der Waals surface area contributed by atoms with Crippen molar-refractivity contribution in [2.24, 2.45) is 0 Å². The lowest BCUT2D eigenvalue weighted by molar-refractivity contribution is -0.141. The summed E-state index contributed by atoms with van der Waals surface area (Å²) in [5.41, 5.74) is 1.84. The quantitative estimate of drug-likeness (QED) is 0.891. The number of amides is 2. The number of hydrogen-bond acceptors (Lipinski definition) is 2. The lowest BCUT2D eigenvalue weighted by Gasteiger charge is -2.22. The molecule has 0 saturated carbocycles. The van der Waals surface area contributed by atoms with Crippen LogP contribution in [0, 0.1) is 0 Å². The van der Waals surface area contributed by atoms with Gasteiger partial charge in [0.05, 0.1) is 0 Å². The van der Waals surface area contributed by atoms with Crippen LogP contribution in [0.2, 0.25) is 0 Å². The second-order valence-corrected chi connectivity index (χ2v) is 5.40. The van der Waals surface area contributed by atoms with Gasteiger partial charge in [-0.05, 0) is 36.5 Å². The molecule has 2 amide bonds. The molecule has 1 aromatic carbocycles. The fourth-order valence-electron chi connectivity index (χ4n) is 2.44. The van der Waals surface area contributed by atoms with Crippen LogP contribution in [0.1, 0.15) is 38.2 Å². The zero-order chi connectivity index (χ0) is 14.7. The van der Waals surface area contributed by atoms with E-state index in [1.165, 1.54) is 4.90 Å². The van der Waals surface area contributed by atoms with Crippen LogP contribution in [0.25, 0.3) is 0 Å². The molecule has 0 aromatic heterocycles. The minimum Gasteiger partial charge on any atom is -0.480 e. The highest BCUT2D eigenvalue weighted by Crippen LogP contribution is 2.21. The van der Waals surface area contributed by atoms with Gasteiger partial charge in [-0.1, -0.05) is 26.0 Å². The van der Waals surface area contributed by atoms with E-state index in [0.717, 1.165) is 12.0 Å². The van der Waals surface area contributed by atoms with Crippen LogP contribution in [0.5, 0.6) is 0 Å². The molecule has 1 atom stereocenters. The van der Waals surface area contributed by atoms with Crippen LogP contribution in [0.3, 0.4) is 0 Å². The molecule has 5 heteroatoms. The maximum Gasteiger partial charge on any atom is 0.326 e. The van der Waals surface area contributed by atoms with E-state index in [1.807, 2.05) is 24.3 Å². The van der Waals surface area contributed by atoms with Crippen LogP contribution in [0.4, 0.5) is 10.5 Å². The van der Waals surface area contributed by atoms with E-state index in [-0.39, 0.29) is 6.03 Å². The molecule has 0 spiro atoms. The van der Waals surface area contributed by atoms with Crippen molar-refractivity contribution in [1.82, 2.24) is 4.90 Å². The van der Waals surface area contributed by atoms with Gasteiger partial charge in [-0.15, -0.1) is 0 Å². The summed E-state index contributed by atoms with van der Waals surface area (Å²) in [4.78, 5) is 24.6. The summed E-state index contributed by atoms with van der Waals surface area (Å²) in [5.74, 6) is -0.556. The zero-order valence-electron chi connectivity index (χ0n) is 11.8. The summed E-state index contributed by atoms with van der Waals surface area (Å²) >= 11 is 0. The molecule has 5 nitrogen and oxygen atoms in total. The first-order chi connectivity index (χ1) is 9.49. The lowest BCUT2D eigenvalue weighted by atomic mass is 10.0. The Hall–Kier alpha value is -2.04. The third-order valence-electron chi connectivity index (χ3n) is 3.60. The highest BCUT2D eigenvalue weighted by atomic mass is 16.4. The fourth-order valence-corrected chi connectivity index (χ4v) is 2.44. The van der Waals surface area contributed by atoms with E-state index in [9.17, 15) is 9.59 Å². The molecule has 0 unspecified atom stereocenters. The SMILES string of the molecule is CC(C)c1cccc(NC(=O)N2CCC[C@H]2C(=O)O)c1. The standard InChI is InChI=1S/C15H20N2O3/c1-10(2)11-5-3-6-12(9-11)16-15(20)17-8-4-7-13(17)14(18)19/h3,5-6,9-10,13H,4,7-8H2,1-2H3,(H,16,20)(H,18,19)/t13-/m0/s1. The number of nitrogens with zero attached hydrogens (tertiary/aromatic N) is 1. The van der Waals surface area contributed by atoms with Crippen molar-refractivity contribution >= 4 is 17.7 Å². The largest absolute Gasteiger partial charge is 0.480 e. The third kappa shape index (κ3) is 3.10. The van der Waals surface area contributed by atoms with Crippen LogP contribution in [-0.2, 0) is 4.79 Å². The number of carboxylic acid groups (broad SMARTS) is 1. The highest BCUT2D eigenvalue weighted by molar-refractivity contribution is 5.92. The average molecular weight is 276 g/mol. The molecule has 0 bridgehead atoms. The number of nitrogens with one attached hydrogen (secondary N) is 1. The van der Waals surface area contributed by atoms with Gasteiger partial charge in [-0.2, -0.15) is 0 Å². The monoisotopic (exact) mass is 276 g/mol. The van der Waals surface area contributed by atoms with Crippen LogP contribution >= 0.6 is 0 Å². The van der Waals surface area contributed by atoms with Gasteiger partial charge in [-0.25, -0.2) is 9.59 Å². The molecular weight excluding hydrogens is 256 g/mol. The summed E-state index contributed by atoms with van der Waals surface area (Å²) in [5, 5.41) is 11.9. The Morgan fingerprint density at radius 1 is 1.40 bits per heavy atom. The van der Waals surface area contributed by atoms with Crippen molar-refractivity contribution < 1.29 is 14.7 Å². The minimum atomic E-state index is -0.936. The molecule has 0 aliphatic carbocycles. The first kappa shape index (κ1) is 14.4. The Bertz CT molecular complexity index is 514. The smallest absolute Gasteiger partial charge is 0.326 e. The molecule has 1 aliphatic heterocycles. The highest BCUT2D eigenvalue weighted by Gasteiger charge is 2.33. The number of aliphatic carboxylic acids is 1. The first-order valence-electron chi connectivity index (χ1n) is 6.89. The van der Waals surface area contributed by atoms with Crippen molar-refractivity contribution in [2.45, 2.75) is 38.6 Å². The second kappa shape index (κ2) is 5.94. The molecule has 0 radical (unpaired) electrons. The molecule has 2 rings (SSSR count). The van der Waals surface area contributed by atoms with E-state index >= 15 is 0 Å². The normalized spacial score (nSPS) is 18.4. The summed E-state index contributed by atoms with van der Waals surface area (Å²) in [6, 6.07) is 6.60. The molecule has 1 heterocycles. The van der Waals surface area contributed by atoms with E-state index in [4.69, 9.17) is 5.11 Å². The number of carbonyl (C=O) groups excluding carboxylic acids is 1. The van der Waals surface area contributed by atoms with E-state index < -0.39 is 12.0 Å². The summed E-state index contributed by atoms with van der Waals surface area (Å²) in [7, 11) is 0. The van der Waals surface area contributed by atoms with Gasteiger partial charge in [0.25, 0.3) is 0 Å². The van der Waals surface area contributed by atoms with Gasteiger partial charge >= 0.3 is 12.0 Å². The van der Waals surface area contributed by atoms with E-state index in [0.29, 0.717) is 24.6 Å². The number of anilines is 1. The fraction of sp³-hybridized carbons (Fsp3) is 0.467. The number of benzene rings is 1. The molecule has 2 N–H and O–H groups in total. The Labute approximate surface area is 118 Å². The Morgan fingerprint density at radius 3 is 2.80 bits per heavy atom. The molecule has 1 saturated heterocycles. The van der Waals surface area contributed by atoms with Crippen molar-refractivity contribution in [1.29, 1.82) is 0 Å². The zero-order valence-corrected chi connectivity index (χ0v) is 11.8. The lowest BCUT2D eigenvalue weighted by Crippen LogP contribution is -2.42. The first-order valence-corrected chi connectivity index (χ1v) is 6.89. The summed E-state index contributed by atoms with van der Waals surface area (Å²) in [6.07, 6.45) is 1.26. The molecule has 1 aliphatic rings. The minimum absolute atomic E-state index is 0.337. The number of rotatable bonds is 3. The topological polar surface area (TPSA) is 69.6 Å². The van der Waals surface area contributed by atoms with Gasteiger partial charge in [0.15, 0.2) is 0 Å². The molecular formula is C15H20N2O3. The van der Waals surface area contributed by atoms with E-state index in [1.54, 1.807) is 0 Å². The van der Waals surface area contributed by atoms with Crippen LogP contribution < -0.4 is 5.32 Å². The van der Waals surface area contributed by atoms with E-state index in [2.05, 4.69) is 19.2 Å². The molecule has 108 valence electrons. The second-order valence-electron chi connectivity index (χ2n) is 5.40. The van der Waals surface area contributed by atoms with Crippen LogP contribution in [0.15, 0.2) is 24.3 Å². The number of hydrogen-bond donors (Lipinski definition) is 2. The third-order valence-corrected chi connectivity index (χ3v) is 3.60. The van der Waals surface area contributed by atoms with Gasteiger partial charge in [0.1, 0.15) is 6.04 Å². The molecule has 20 heavy (non-hydrogen) atoms. The van der Waals surface area contributed by atoms with Gasteiger partial charge in [-0.3, -0.25) is 0 Å². The summed E-state index contributed by atoms with van der Waals surface area (Å²) < 4.78 is 0. The Kier molecular flexibility index (Phi) is 4.27. The molecule has 1 aromatic rings. The molecule has 1 fully saturated rings. The number of urea groups is 1. The van der Waals surface area contributed by atoms with Crippen molar-refractivity contribution in [3.63, 3.8) is 0 Å². The van der Waals surface area contributed by atoms with Gasteiger partial charge in [0, 0.05) is 12.2 Å². The average Bonchev–Trinajstić information content (AvgIpc) is 2.88. The number of carbonyl (C=O) groups is 2. The predicted octanol–water partition coefficient (Wildman–Crippen LogP) is 2.89. The van der Waals surface area contributed by atoms with Gasteiger partial charge in [0.2, 0.25) is 0 Å². The maximum absolute atomic E-state index is 12.2. The Morgan fingerprint density at radius 2 is 2.15 bits per heavy atom. The summed E-state index contributed by atoms with van der Waals surface area (Å²) in [6.45, 7) is 4.66. The van der Waals surface area contributed by atoms with Crippen molar-refractivity contribution in [3.8, 4) is 0 Å². The van der Waals surface area contributed by atoms with Crippen molar-refractivity contribution in [3.05, 3.63) is 29.8 Å². The maximum atomic E-state index is 12.2.